The summed E-state index contributed by atoms with van der Waals surface area (Å²) in [7, 11) is 1.58. The number of amides is 3. The molecule has 44 heavy (non-hydrogen) atoms. The van der Waals surface area contributed by atoms with Crippen molar-refractivity contribution < 1.29 is 29.0 Å². The Kier molecular flexibility index (Phi) is 9.41. The van der Waals surface area contributed by atoms with Crippen LogP contribution in [0.15, 0.2) is 73.8 Å². The number of nitrogens with zero attached hydrogens (tertiary/aromatic N) is 3. The van der Waals surface area contributed by atoms with Gasteiger partial charge in [0.15, 0.2) is 0 Å². The number of hydrogen-bond donors (Lipinski definition) is 1. The van der Waals surface area contributed by atoms with Crippen molar-refractivity contribution in [3.8, 4) is 11.5 Å². The summed E-state index contributed by atoms with van der Waals surface area (Å²) in [6.07, 6.45) is 4.04. The number of likely N-dealkylation sites (tertiary alicyclic amines) is 1. The lowest BCUT2D eigenvalue weighted by Crippen LogP contribution is -2.58. The molecule has 3 unspecified atom stereocenters. The lowest BCUT2D eigenvalue weighted by Gasteiger charge is -2.41. The minimum Gasteiger partial charge on any atom is -0.497 e. The van der Waals surface area contributed by atoms with Crippen molar-refractivity contribution in [2.45, 2.75) is 36.3 Å². The van der Waals surface area contributed by atoms with Gasteiger partial charge in [0.25, 0.3) is 5.91 Å². The summed E-state index contributed by atoms with van der Waals surface area (Å²) in [4.78, 5) is 48.3. The number of thioether (sulfide) groups is 1. The van der Waals surface area contributed by atoms with E-state index in [1.807, 2.05) is 43.3 Å². The van der Waals surface area contributed by atoms with Gasteiger partial charge >= 0.3 is 0 Å². The number of carbonyl (C=O) groups is 3. The molecule has 2 aromatic carbocycles. The topological polar surface area (TPSA) is 99.6 Å². The van der Waals surface area contributed by atoms with Crippen molar-refractivity contribution in [2.75, 3.05) is 49.8 Å². The molecule has 3 fully saturated rings. The maximum atomic E-state index is 14.6. The predicted octanol–water partition coefficient (Wildman–Crippen LogP) is 4.16. The maximum Gasteiger partial charge on any atom is 0.251 e. The smallest absolute Gasteiger partial charge is 0.251 e. The molecule has 2 aromatic rings. The van der Waals surface area contributed by atoms with Crippen LogP contribution >= 0.6 is 11.8 Å². The SMILES string of the molecule is C=CCN(C(=O)C1N(CCO)C(=O)[C@@H]2[C@@H](C(=O)N(CC=C)c3ccc(OCC)cc3)[C@H]3CC(C)C12S3)c1ccc(OC)cc1. The Morgan fingerprint density at radius 2 is 1.59 bits per heavy atom. The van der Waals surface area contributed by atoms with Gasteiger partial charge in [-0.15, -0.1) is 24.9 Å². The number of rotatable bonds is 13. The second-order valence-electron chi connectivity index (χ2n) is 11.4. The monoisotopic (exact) mass is 619 g/mol. The van der Waals surface area contributed by atoms with Gasteiger partial charge in [-0.3, -0.25) is 14.4 Å². The highest BCUT2D eigenvalue weighted by molar-refractivity contribution is 8.02. The van der Waals surface area contributed by atoms with Gasteiger partial charge in [0.2, 0.25) is 11.8 Å². The fraction of sp³-hybridized carbons (Fsp3) is 0.441. The van der Waals surface area contributed by atoms with Crippen molar-refractivity contribution in [2.24, 2.45) is 17.8 Å². The zero-order valence-corrected chi connectivity index (χ0v) is 26.4. The first-order chi connectivity index (χ1) is 21.3. The van der Waals surface area contributed by atoms with Crippen LogP contribution in [0.4, 0.5) is 11.4 Å². The second-order valence-corrected chi connectivity index (χ2v) is 13.0. The Hall–Kier alpha value is -3.76. The molecule has 2 bridgehead atoms. The number of hydrogen-bond acceptors (Lipinski definition) is 7. The van der Waals surface area contributed by atoms with E-state index in [1.54, 1.807) is 53.0 Å². The van der Waals surface area contributed by atoms with Gasteiger partial charge in [-0.2, -0.15) is 0 Å². The van der Waals surface area contributed by atoms with Crippen molar-refractivity contribution in [3.63, 3.8) is 0 Å². The second kappa shape index (κ2) is 13.1. The third-order valence-corrected chi connectivity index (χ3v) is 11.2. The number of β-amino-alcohol motifs (C(OH)–C–C–N with tert-alkyl or cyclic N) is 1. The number of ether oxygens (including phenoxy) is 2. The number of fused-ring (bicyclic) bond motifs is 1. The molecule has 1 N–H and O–H groups in total. The van der Waals surface area contributed by atoms with Gasteiger partial charge in [0.1, 0.15) is 17.5 Å². The molecule has 3 amide bonds. The summed E-state index contributed by atoms with van der Waals surface area (Å²) < 4.78 is 10.1. The molecule has 0 radical (unpaired) electrons. The van der Waals surface area contributed by atoms with Gasteiger partial charge < -0.3 is 29.3 Å². The Balaban J connectivity index is 1.54. The largest absolute Gasteiger partial charge is 0.497 e. The molecule has 0 aliphatic carbocycles. The van der Waals surface area contributed by atoms with Gasteiger partial charge in [-0.1, -0.05) is 19.1 Å². The normalized spacial score (nSPS) is 26.7. The van der Waals surface area contributed by atoms with Crippen molar-refractivity contribution in [1.82, 2.24) is 4.90 Å². The number of anilines is 2. The fourth-order valence-corrected chi connectivity index (χ4v) is 9.72. The summed E-state index contributed by atoms with van der Waals surface area (Å²) in [6, 6.07) is 13.7. The van der Waals surface area contributed by atoms with Crippen LogP contribution in [-0.2, 0) is 14.4 Å². The first-order valence-corrected chi connectivity index (χ1v) is 16.0. The van der Waals surface area contributed by atoms with Gasteiger partial charge in [-0.25, -0.2) is 0 Å². The molecule has 10 heteroatoms. The lowest BCUT2D eigenvalue weighted by molar-refractivity contribution is -0.139. The van der Waals surface area contributed by atoms with E-state index in [-0.39, 0.29) is 55.1 Å². The summed E-state index contributed by atoms with van der Waals surface area (Å²) >= 11 is 1.61. The maximum absolute atomic E-state index is 14.6. The molecule has 3 aliphatic heterocycles. The number of carbonyl (C=O) groups excluding carboxylic acids is 3. The van der Waals surface area contributed by atoms with E-state index in [0.29, 0.717) is 35.9 Å². The molecular weight excluding hydrogens is 578 g/mol. The minimum atomic E-state index is -0.852. The number of aliphatic hydroxyl groups excluding tert-OH is 1. The Morgan fingerprint density at radius 1 is 1.02 bits per heavy atom. The highest BCUT2D eigenvalue weighted by Gasteiger charge is 2.76. The summed E-state index contributed by atoms with van der Waals surface area (Å²) in [6.45, 7) is 12.5. The van der Waals surface area contributed by atoms with E-state index < -0.39 is 22.6 Å². The van der Waals surface area contributed by atoms with E-state index in [9.17, 15) is 19.5 Å². The zero-order chi connectivity index (χ0) is 31.6. The average Bonchev–Trinajstić information content (AvgIpc) is 3.62. The van der Waals surface area contributed by atoms with Gasteiger partial charge in [-0.05, 0) is 67.8 Å². The zero-order valence-electron chi connectivity index (χ0n) is 25.6. The summed E-state index contributed by atoms with van der Waals surface area (Å²) in [5, 5.41) is 9.92. The van der Waals surface area contributed by atoms with Gasteiger partial charge in [0, 0.05) is 36.3 Å². The average molecular weight is 620 g/mol. The molecular formula is C34H41N3O6S. The van der Waals surface area contributed by atoms with Crippen LogP contribution in [0.1, 0.15) is 20.3 Å². The van der Waals surface area contributed by atoms with Crippen molar-refractivity contribution in [3.05, 3.63) is 73.8 Å². The fourth-order valence-electron chi connectivity index (χ4n) is 7.31. The number of aliphatic hydroxyl groups is 1. The standard InChI is InChI=1S/C34H41N3O6S/c1-6-17-35(23-11-15-26(16-12-23)43-8-3)31(39)28-27-21-22(4)34(44-27)29(28)32(40)37(19-20-38)30(34)33(41)36(18-7-2)24-9-13-25(42-5)14-10-24/h6-7,9-16,22,27-30,38H,1-2,8,17-21H2,3-5H3/t22?,27-,28+,29+,30?,34?/m1/s1. The molecule has 9 nitrogen and oxygen atoms in total. The molecule has 0 saturated carbocycles. The summed E-state index contributed by atoms with van der Waals surface area (Å²) in [5.74, 6) is -0.625. The third kappa shape index (κ3) is 5.17. The van der Waals surface area contributed by atoms with Crippen LogP contribution in [0.25, 0.3) is 0 Å². The van der Waals surface area contributed by atoms with Crippen LogP contribution in [0.3, 0.4) is 0 Å². The van der Waals surface area contributed by atoms with E-state index in [4.69, 9.17) is 9.47 Å². The highest BCUT2D eigenvalue weighted by atomic mass is 32.2. The molecule has 234 valence electrons. The quantitative estimate of drug-likeness (QED) is 0.336. The Labute approximate surface area is 263 Å². The molecule has 3 aliphatic rings. The molecule has 5 rings (SSSR count). The van der Waals surface area contributed by atoms with E-state index >= 15 is 0 Å². The Bertz CT molecular complexity index is 1400. The van der Waals surface area contributed by atoms with E-state index in [1.165, 1.54) is 4.90 Å². The minimum absolute atomic E-state index is 0.00610. The van der Waals surface area contributed by atoms with Crippen molar-refractivity contribution >= 4 is 40.9 Å². The lowest BCUT2D eigenvalue weighted by atomic mass is 9.65. The first-order valence-electron chi connectivity index (χ1n) is 15.1. The third-order valence-electron chi connectivity index (χ3n) is 9.10. The van der Waals surface area contributed by atoms with E-state index in [0.717, 1.165) is 0 Å². The van der Waals surface area contributed by atoms with Gasteiger partial charge in [0.05, 0.1) is 36.9 Å². The molecule has 3 saturated heterocycles. The highest BCUT2D eigenvalue weighted by Crippen LogP contribution is 2.69. The molecule has 1 spiro atoms. The predicted molar refractivity (Wildman–Crippen MR) is 173 cm³/mol. The van der Waals surface area contributed by atoms with Crippen LogP contribution in [-0.4, -0.2) is 83.7 Å². The summed E-state index contributed by atoms with van der Waals surface area (Å²) in [5.41, 5.74) is 1.34. The number of methoxy groups -OCH3 is 1. The van der Waals surface area contributed by atoms with Crippen LogP contribution in [0.5, 0.6) is 11.5 Å². The number of benzene rings is 2. The first kappa shape index (κ1) is 31.7. The van der Waals surface area contributed by atoms with Crippen molar-refractivity contribution in [1.29, 1.82) is 0 Å². The van der Waals surface area contributed by atoms with Crippen LogP contribution in [0.2, 0.25) is 0 Å². The molecule has 6 atom stereocenters. The van der Waals surface area contributed by atoms with Crippen LogP contribution < -0.4 is 19.3 Å². The Morgan fingerprint density at radius 3 is 2.11 bits per heavy atom. The molecule has 3 heterocycles. The van der Waals surface area contributed by atoms with E-state index in [2.05, 4.69) is 20.1 Å². The van der Waals surface area contributed by atoms with Crippen LogP contribution in [0, 0.1) is 17.8 Å². The molecule has 0 aromatic heterocycles.